The Morgan fingerprint density at radius 1 is 1.19 bits per heavy atom. The Bertz CT molecular complexity index is 643. The van der Waals surface area contributed by atoms with Crippen molar-refractivity contribution >= 4 is 33.3 Å². The van der Waals surface area contributed by atoms with Gasteiger partial charge in [0, 0.05) is 17.1 Å². The van der Waals surface area contributed by atoms with Crippen LogP contribution in [0.1, 0.15) is 15.9 Å². The molecule has 3 nitrogen and oxygen atoms in total. The molecule has 0 fully saturated rings. The quantitative estimate of drug-likeness (QED) is 0.560. The zero-order valence-electron chi connectivity index (χ0n) is 11.4. The predicted molar refractivity (Wildman–Crippen MR) is 86.4 cm³/mol. The first kappa shape index (κ1) is 16.0. The maximum absolute atomic E-state index is 12.6. The summed E-state index contributed by atoms with van der Waals surface area (Å²) in [6, 6.07) is 12.2. The number of benzene rings is 2. The van der Waals surface area contributed by atoms with E-state index < -0.39 is 0 Å². The van der Waals surface area contributed by atoms with Gasteiger partial charge in [-0.25, -0.2) is 0 Å². The molecule has 0 aliphatic rings. The van der Waals surface area contributed by atoms with Crippen LogP contribution in [0.15, 0.2) is 46.9 Å². The van der Waals surface area contributed by atoms with E-state index >= 15 is 0 Å². The summed E-state index contributed by atoms with van der Waals surface area (Å²) in [5.41, 5.74) is 1.07. The third-order valence-electron chi connectivity index (χ3n) is 2.86. The van der Waals surface area contributed by atoms with E-state index in [0.29, 0.717) is 39.6 Å². The first-order chi connectivity index (χ1) is 10.1. The van der Waals surface area contributed by atoms with Crippen LogP contribution in [0.3, 0.4) is 0 Å². The first-order valence-corrected chi connectivity index (χ1v) is 7.51. The minimum Gasteiger partial charge on any atom is -0.490 e. The fourth-order valence-corrected chi connectivity index (χ4v) is 2.30. The number of ketones is 1. The minimum atomic E-state index is -0.111. The number of hydrogen-bond acceptors (Lipinski definition) is 3. The maximum Gasteiger partial charge on any atom is 0.196 e. The van der Waals surface area contributed by atoms with Crippen molar-refractivity contribution in [2.24, 2.45) is 0 Å². The lowest BCUT2D eigenvalue weighted by Crippen LogP contribution is -2.09. The van der Waals surface area contributed by atoms with Crippen LogP contribution in [0.25, 0.3) is 0 Å². The molecule has 5 heteroatoms. The largest absolute Gasteiger partial charge is 0.490 e. The monoisotopic (exact) mass is 368 g/mol. The zero-order chi connectivity index (χ0) is 15.2. The van der Waals surface area contributed by atoms with Gasteiger partial charge in [0.2, 0.25) is 0 Å². The summed E-state index contributed by atoms with van der Waals surface area (Å²) < 4.78 is 11.2. The van der Waals surface area contributed by atoms with Gasteiger partial charge in [0.05, 0.1) is 17.2 Å². The molecule has 2 rings (SSSR count). The van der Waals surface area contributed by atoms with E-state index in [1.807, 2.05) is 6.07 Å². The lowest BCUT2D eigenvalue weighted by atomic mass is 10.0. The topological polar surface area (TPSA) is 35.5 Å². The molecule has 0 radical (unpaired) electrons. The van der Waals surface area contributed by atoms with E-state index in [1.165, 1.54) is 0 Å². The Labute approximate surface area is 137 Å². The fraction of sp³-hybridized carbons (Fsp3) is 0.188. The van der Waals surface area contributed by atoms with Crippen LogP contribution >= 0.6 is 27.5 Å². The van der Waals surface area contributed by atoms with Crippen LogP contribution in [0.2, 0.25) is 5.02 Å². The summed E-state index contributed by atoms with van der Waals surface area (Å²) in [6.07, 6.45) is 0. The molecule has 21 heavy (non-hydrogen) atoms. The Hall–Kier alpha value is -1.36. The van der Waals surface area contributed by atoms with Gasteiger partial charge in [-0.05, 0) is 46.3 Å². The molecule has 0 saturated carbocycles. The van der Waals surface area contributed by atoms with Crippen molar-refractivity contribution in [2.45, 2.75) is 0 Å². The van der Waals surface area contributed by atoms with E-state index in [2.05, 4.69) is 15.9 Å². The summed E-state index contributed by atoms with van der Waals surface area (Å²) in [7, 11) is 1.60. The van der Waals surface area contributed by atoms with Gasteiger partial charge in [-0.3, -0.25) is 4.79 Å². The van der Waals surface area contributed by atoms with Crippen LogP contribution in [-0.4, -0.2) is 26.1 Å². The Balaban J connectivity index is 2.27. The molecule has 2 aromatic carbocycles. The number of carbonyl (C=O) groups is 1. The summed E-state index contributed by atoms with van der Waals surface area (Å²) in [6.45, 7) is 0.861. The summed E-state index contributed by atoms with van der Waals surface area (Å²) >= 11 is 9.28. The maximum atomic E-state index is 12.6. The van der Waals surface area contributed by atoms with Gasteiger partial charge in [0.1, 0.15) is 12.4 Å². The Kier molecular flexibility index (Phi) is 5.79. The third-order valence-corrected chi connectivity index (χ3v) is 4.07. The zero-order valence-corrected chi connectivity index (χ0v) is 13.8. The SMILES string of the molecule is COCCOc1ccccc1C(=O)c1ccc(Cl)c(Br)c1. The molecule has 110 valence electrons. The molecule has 0 N–H and O–H groups in total. The fourth-order valence-electron chi connectivity index (χ4n) is 1.81. The highest BCUT2D eigenvalue weighted by atomic mass is 79.9. The second kappa shape index (κ2) is 7.59. The molecule has 0 unspecified atom stereocenters. The molecule has 0 amide bonds. The molecule has 2 aromatic rings. The normalized spacial score (nSPS) is 10.4. The molecule has 0 aliphatic carbocycles. The second-order valence-corrected chi connectivity index (χ2v) is 5.56. The highest BCUT2D eigenvalue weighted by Crippen LogP contribution is 2.27. The second-order valence-electron chi connectivity index (χ2n) is 4.30. The van der Waals surface area contributed by atoms with Gasteiger partial charge in [-0.2, -0.15) is 0 Å². The average Bonchev–Trinajstić information content (AvgIpc) is 2.50. The van der Waals surface area contributed by atoms with Crippen molar-refractivity contribution in [3.8, 4) is 5.75 Å². The van der Waals surface area contributed by atoms with Crippen molar-refractivity contribution in [1.29, 1.82) is 0 Å². The predicted octanol–water partition coefficient (Wildman–Crippen LogP) is 4.36. The molecule has 0 saturated heterocycles. The third kappa shape index (κ3) is 4.06. The number of rotatable bonds is 6. The van der Waals surface area contributed by atoms with Crippen LogP contribution in [-0.2, 0) is 4.74 Å². The number of carbonyl (C=O) groups excluding carboxylic acids is 1. The highest BCUT2D eigenvalue weighted by molar-refractivity contribution is 9.10. The van der Waals surface area contributed by atoms with E-state index in [0.717, 1.165) is 0 Å². The van der Waals surface area contributed by atoms with Crippen LogP contribution in [0.5, 0.6) is 5.75 Å². The molecular weight excluding hydrogens is 356 g/mol. The van der Waals surface area contributed by atoms with Crippen molar-refractivity contribution in [3.05, 3.63) is 63.1 Å². The van der Waals surface area contributed by atoms with Gasteiger partial charge >= 0.3 is 0 Å². The van der Waals surface area contributed by atoms with Crippen LogP contribution in [0, 0.1) is 0 Å². The van der Waals surface area contributed by atoms with Crippen molar-refractivity contribution in [1.82, 2.24) is 0 Å². The molecule has 0 aromatic heterocycles. The van der Waals surface area contributed by atoms with Gasteiger partial charge in [-0.1, -0.05) is 23.7 Å². The highest BCUT2D eigenvalue weighted by Gasteiger charge is 2.15. The van der Waals surface area contributed by atoms with E-state index in [-0.39, 0.29) is 5.78 Å². The number of halogens is 2. The molecule has 0 aliphatic heterocycles. The van der Waals surface area contributed by atoms with E-state index in [4.69, 9.17) is 21.1 Å². The molecule has 0 heterocycles. The van der Waals surface area contributed by atoms with Crippen molar-refractivity contribution in [2.75, 3.05) is 20.3 Å². The molecule has 0 spiro atoms. The molecule has 0 bridgehead atoms. The lowest BCUT2D eigenvalue weighted by molar-refractivity contribution is 0.103. The van der Waals surface area contributed by atoms with Crippen molar-refractivity contribution in [3.63, 3.8) is 0 Å². The Morgan fingerprint density at radius 3 is 2.67 bits per heavy atom. The average molecular weight is 370 g/mol. The van der Waals surface area contributed by atoms with Crippen LogP contribution < -0.4 is 4.74 Å². The summed E-state index contributed by atoms with van der Waals surface area (Å²) in [5, 5.41) is 0.566. The lowest BCUT2D eigenvalue weighted by Gasteiger charge is -2.10. The summed E-state index contributed by atoms with van der Waals surface area (Å²) in [5.74, 6) is 0.436. The van der Waals surface area contributed by atoms with Gasteiger partial charge in [-0.15, -0.1) is 0 Å². The number of hydrogen-bond donors (Lipinski definition) is 0. The van der Waals surface area contributed by atoms with Gasteiger partial charge in [0.25, 0.3) is 0 Å². The van der Waals surface area contributed by atoms with Gasteiger partial charge < -0.3 is 9.47 Å². The van der Waals surface area contributed by atoms with Crippen LogP contribution in [0.4, 0.5) is 0 Å². The molecular formula is C16H14BrClO3. The first-order valence-electron chi connectivity index (χ1n) is 6.34. The number of methoxy groups -OCH3 is 1. The number of ether oxygens (including phenoxy) is 2. The smallest absolute Gasteiger partial charge is 0.196 e. The van der Waals surface area contributed by atoms with E-state index in [1.54, 1.807) is 43.5 Å². The summed E-state index contributed by atoms with van der Waals surface area (Å²) in [4.78, 5) is 12.6. The van der Waals surface area contributed by atoms with Gasteiger partial charge in [0.15, 0.2) is 5.78 Å². The molecule has 0 atom stereocenters. The van der Waals surface area contributed by atoms with E-state index in [9.17, 15) is 4.79 Å². The minimum absolute atomic E-state index is 0.111. The standard InChI is InChI=1S/C16H14BrClO3/c1-20-8-9-21-15-5-3-2-4-12(15)16(19)11-6-7-14(18)13(17)10-11/h2-7,10H,8-9H2,1H3. The van der Waals surface area contributed by atoms with Crippen molar-refractivity contribution < 1.29 is 14.3 Å². The number of para-hydroxylation sites is 1. The Morgan fingerprint density at radius 2 is 1.95 bits per heavy atom.